The molecule has 1 aromatic rings. The number of nitrogen functional groups attached to an aromatic ring is 1. The van der Waals surface area contributed by atoms with E-state index in [1.807, 2.05) is 58.0 Å². The fraction of sp³-hybridized carbons (Fsp3) is 0.400. The van der Waals surface area contributed by atoms with Gasteiger partial charge in [-0.3, -0.25) is 0 Å². The van der Waals surface area contributed by atoms with Gasteiger partial charge in [0.05, 0.1) is 0 Å². The molecule has 0 aromatic heterocycles. The molecule has 0 atom stereocenters. The van der Waals surface area contributed by atoms with Crippen molar-refractivity contribution in [3.8, 4) is 0 Å². The highest BCUT2D eigenvalue weighted by atomic mass is 16.6. The maximum absolute atomic E-state index is 11.4. The smallest absolute Gasteiger partial charge is 0.407 e. The van der Waals surface area contributed by atoms with Crippen molar-refractivity contribution < 1.29 is 9.53 Å². The van der Waals surface area contributed by atoms with Crippen LogP contribution in [0.1, 0.15) is 31.9 Å². The molecule has 19 heavy (non-hydrogen) atoms. The van der Waals surface area contributed by atoms with Gasteiger partial charge in [0, 0.05) is 12.2 Å². The second kappa shape index (κ2) is 6.27. The second-order valence-electron chi connectivity index (χ2n) is 5.42. The second-order valence-corrected chi connectivity index (χ2v) is 5.42. The average molecular weight is 262 g/mol. The van der Waals surface area contributed by atoms with Crippen LogP contribution in [-0.4, -0.2) is 18.2 Å². The lowest BCUT2D eigenvalue weighted by molar-refractivity contribution is 0.0534. The van der Waals surface area contributed by atoms with Crippen LogP contribution in [0.25, 0.3) is 6.08 Å². The van der Waals surface area contributed by atoms with E-state index in [1.165, 1.54) is 0 Å². The van der Waals surface area contributed by atoms with Crippen molar-refractivity contribution in [1.29, 1.82) is 0 Å². The molecule has 0 heterocycles. The molecule has 1 aromatic carbocycles. The van der Waals surface area contributed by atoms with E-state index in [9.17, 15) is 4.79 Å². The maximum Gasteiger partial charge on any atom is 0.407 e. The molecular formula is C15H22N2O2. The van der Waals surface area contributed by atoms with Crippen LogP contribution >= 0.6 is 0 Å². The van der Waals surface area contributed by atoms with Gasteiger partial charge in [0.2, 0.25) is 0 Å². The molecule has 4 nitrogen and oxygen atoms in total. The summed E-state index contributed by atoms with van der Waals surface area (Å²) in [4.78, 5) is 11.4. The molecule has 4 heteroatoms. The summed E-state index contributed by atoms with van der Waals surface area (Å²) in [5.74, 6) is 0. The summed E-state index contributed by atoms with van der Waals surface area (Å²) in [6, 6.07) is 5.83. The summed E-state index contributed by atoms with van der Waals surface area (Å²) in [6.07, 6.45) is 3.31. The molecule has 0 saturated heterocycles. The van der Waals surface area contributed by atoms with Gasteiger partial charge in [0.15, 0.2) is 0 Å². The number of nitrogens with two attached hydrogens (primary N) is 1. The van der Waals surface area contributed by atoms with Gasteiger partial charge < -0.3 is 15.8 Å². The van der Waals surface area contributed by atoms with E-state index in [1.54, 1.807) is 0 Å². The quantitative estimate of drug-likeness (QED) is 0.823. The first-order valence-corrected chi connectivity index (χ1v) is 6.27. The molecule has 0 saturated carbocycles. The molecule has 0 bridgehead atoms. The number of nitrogens with one attached hydrogen (secondary N) is 1. The number of benzene rings is 1. The number of anilines is 1. The lowest BCUT2D eigenvalue weighted by atomic mass is 10.1. The largest absolute Gasteiger partial charge is 0.444 e. The third kappa shape index (κ3) is 5.95. The zero-order valence-electron chi connectivity index (χ0n) is 12.0. The van der Waals surface area contributed by atoms with Crippen LogP contribution in [0.3, 0.4) is 0 Å². The van der Waals surface area contributed by atoms with Crippen LogP contribution in [0.15, 0.2) is 24.3 Å². The summed E-state index contributed by atoms with van der Waals surface area (Å²) in [7, 11) is 0. The van der Waals surface area contributed by atoms with Crippen molar-refractivity contribution in [2.24, 2.45) is 0 Å². The highest BCUT2D eigenvalue weighted by molar-refractivity contribution is 5.69. The minimum atomic E-state index is -0.477. The summed E-state index contributed by atoms with van der Waals surface area (Å²) < 4.78 is 5.12. The van der Waals surface area contributed by atoms with E-state index in [2.05, 4.69) is 5.32 Å². The van der Waals surface area contributed by atoms with Gasteiger partial charge in [0.1, 0.15) is 5.60 Å². The zero-order valence-corrected chi connectivity index (χ0v) is 12.0. The Morgan fingerprint density at radius 1 is 1.42 bits per heavy atom. The summed E-state index contributed by atoms with van der Waals surface area (Å²) >= 11 is 0. The van der Waals surface area contributed by atoms with Crippen molar-refractivity contribution in [3.63, 3.8) is 0 Å². The molecule has 1 rings (SSSR count). The molecule has 0 radical (unpaired) electrons. The topological polar surface area (TPSA) is 64.3 Å². The van der Waals surface area contributed by atoms with Gasteiger partial charge in [0.25, 0.3) is 0 Å². The monoisotopic (exact) mass is 262 g/mol. The molecule has 0 aliphatic heterocycles. The molecule has 3 N–H and O–H groups in total. The minimum Gasteiger partial charge on any atom is -0.444 e. The van der Waals surface area contributed by atoms with E-state index in [4.69, 9.17) is 10.5 Å². The molecule has 0 spiro atoms. The fourth-order valence-corrected chi connectivity index (χ4v) is 1.48. The van der Waals surface area contributed by atoms with Crippen molar-refractivity contribution in [2.45, 2.75) is 33.3 Å². The number of carbonyl (C=O) groups is 1. The van der Waals surface area contributed by atoms with Crippen molar-refractivity contribution >= 4 is 17.9 Å². The lowest BCUT2D eigenvalue weighted by Gasteiger charge is -2.19. The minimum absolute atomic E-state index is 0.405. The number of hydrogen-bond donors (Lipinski definition) is 2. The van der Waals surface area contributed by atoms with E-state index in [-0.39, 0.29) is 0 Å². The molecule has 0 aliphatic carbocycles. The standard InChI is InChI=1S/C15H22N2O2/c1-11-7-8-13(16)12(10-11)6-5-9-17-14(18)19-15(2,3)4/h5-8,10H,9,16H2,1-4H3,(H,17,18). The van der Waals surface area contributed by atoms with E-state index >= 15 is 0 Å². The third-order valence-corrected chi connectivity index (χ3v) is 2.30. The van der Waals surface area contributed by atoms with Gasteiger partial charge in [-0.1, -0.05) is 23.8 Å². The molecule has 0 aliphatic rings. The van der Waals surface area contributed by atoms with E-state index in [0.29, 0.717) is 6.54 Å². The molecule has 104 valence electrons. The molecule has 0 fully saturated rings. The maximum atomic E-state index is 11.4. The summed E-state index contributed by atoms with van der Waals surface area (Å²) in [5, 5.41) is 2.65. The number of alkyl carbamates (subject to hydrolysis) is 1. The number of ether oxygens (including phenoxy) is 1. The van der Waals surface area contributed by atoms with Crippen LogP contribution in [-0.2, 0) is 4.74 Å². The van der Waals surface area contributed by atoms with Crippen LogP contribution < -0.4 is 11.1 Å². The van der Waals surface area contributed by atoms with Crippen LogP contribution in [0.2, 0.25) is 0 Å². The predicted molar refractivity (Wildman–Crippen MR) is 78.9 cm³/mol. The van der Waals surface area contributed by atoms with Crippen molar-refractivity contribution in [2.75, 3.05) is 12.3 Å². The zero-order chi connectivity index (χ0) is 14.5. The number of aryl methyl sites for hydroxylation is 1. The number of hydrogen-bond acceptors (Lipinski definition) is 3. The molecular weight excluding hydrogens is 240 g/mol. The van der Waals surface area contributed by atoms with Crippen molar-refractivity contribution in [1.82, 2.24) is 5.32 Å². The summed E-state index contributed by atoms with van der Waals surface area (Å²) in [6.45, 7) is 7.90. The third-order valence-electron chi connectivity index (χ3n) is 2.30. The SMILES string of the molecule is Cc1ccc(N)c(C=CCNC(=O)OC(C)(C)C)c1. The Kier molecular flexibility index (Phi) is 4.98. The molecule has 0 unspecified atom stereocenters. The van der Waals surface area contributed by atoms with Crippen LogP contribution in [0.5, 0.6) is 0 Å². The van der Waals surface area contributed by atoms with Crippen LogP contribution in [0, 0.1) is 6.92 Å². The van der Waals surface area contributed by atoms with Gasteiger partial charge in [-0.25, -0.2) is 4.79 Å². The Morgan fingerprint density at radius 3 is 2.74 bits per heavy atom. The Morgan fingerprint density at radius 2 is 2.11 bits per heavy atom. The first kappa shape index (κ1) is 15.1. The van der Waals surface area contributed by atoms with Gasteiger partial charge in [-0.2, -0.15) is 0 Å². The number of rotatable bonds is 3. The van der Waals surface area contributed by atoms with Crippen LogP contribution in [0.4, 0.5) is 10.5 Å². The number of carbonyl (C=O) groups excluding carboxylic acids is 1. The first-order chi connectivity index (χ1) is 8.78. The highest BCUT2D eigenvalue weighted by Crippen LogP contribution is 2.15. The Labute approximate surface area is 114 Å². The number of amides is 1. The normalized spacial score (nSPS) is 11.6. The lowest BCUT2D eigenvalue weighted by Crippen LogP contribution is -2.32. The van der Waals surface area contributed by atoms with Gasteiger partial charge in [-0.15, -0.1) is 0 Å². The first-order valence-electron chi connectivity index (χ1n) is 6.27. The molecule has 1 amide bonds. The Bertz CT molecular complexity index is 474. The fourth-order valence-electron chi connectivity index (χ4n) is 1.48. The highest BCUT2D eigenvalue weighted by Gasteiger charge is 2.14. The van der Waals surface area contributed by atoms with Crippen molar-refractivity contribution in [3.05, 3.63) is 35.4 Å². The van der Waals surface area contributed by atoms with E-state index < -0.39 is 11.7 Å². The average Bonchev–Trinajstić information content (AvgIpc) is 2.26. The summed E-state index contributed by atoms with van der Waals surface area (Å²) in [5.41, 5.74) is 8.19. The Balaban J connectivity index is 2.47. The predicted octanol–water partition coefficient (Wildman–Crippen LogP) is 3.12. The van der Waals surface area contributed by atoms with E-state index in [0.717, 1.165) is 16.8 Å². The Hall–Kier alpha value is -1.97. The van der Waals surface area contributed by atoms with Gasteiger partial charge in [-0.05, 0) is 45.4 Å². The van der Waals surface area contributed by atoms with Gasteiger partial charge >= 0.3 is 6.09 Å².